The number of aryl methyl sites for hydroxylation is 2. The zero-order valence-corrected chi connectivity index (χ0v) is 8.42. The lowest BCUT2D eigenvalue weighted by atomic mass is 10.2. The standard InChI is InChI=1S/C10H12O4/c1-4-13-10(12)9-7(3)14-6(2)5-8(9)11/h5H,4H2,1-3H3. The van der Waals surface area contributed by atoms with Crippen LogP contribution in [-0.2, 0) is 4.74 Å². The summed E-state index contributed by atoms with van der Waals surface area (Å²) in [5.74, 6) is 0.160. The lowest BCUT2D eigenvalue weighted by molar-refractivity contribution is 0.0520. The van der Waals surface area contributed by atoms with E-state index in [1.165, 1.54) is 6.07 Å². The minimum Gasteiger partial charge on any atom is -0.465 e. The predicted octanol–water partition coefficient (Wildman–Crippen LogP) is 1.43. The summed E-state index contributed by atoms with van der Waals surface area (Å²) in [7, 11) is 0. The van der Waals surface area contributed by atoms with Crippen LogP contribution < -0.4 is 5.43 Å². The molecule has 0 amide bonds. The number of carbonyl (C=O) groups excluding carboxylic acids is 1. The molecular weight excluding hydrogens is 184 g/mol. The maximum Gasteiger partial charge on any atom is 0.345 e. The molecule has 1 aromatic heterocycles. The number of rotatable bonds is 2. The van der Waals surface area contributed by atoms with Crippen molar-refractivity contribution in [2.75, 3.05) is 6.61 Å². The van der Waals surface area contributed by atoms with Crippen LogP contribution in [0.3, 0.4) is 0 Å². The van der Waals surface area contributed by atoms with Gasteiger partial charge < -0.3 is 9.15 Å². The Balaban J connectivity index is 3.21. The van der Waals surface area contributed by atoms with Gasteiger partial charge in [0.15, 0.2) is 5.43 Å². The second-order valence-electron chi connectivity index (χ2n) is 2.87. The molecule has 0 N–H and O–H groups in total. The van der Waals surface area contributed by atoms with E-state index in [0.717, 1.165) is 0 Å². The maximum atomic E-state index is 11.4. The predicted molar refractivity (Wildman–Crippen MR) is 50.4 cm³/mol. The number of esters is 1. The minimum absolute atomic E-state index is 0.0162. The first-order valence-electron chi connectivity index (χ1n) is 4.34. The Bertz CT molecular complexity index is 403. The molecule has 0 radical (unpaired) electrons. The lowest BCUT2D eigenvalue weighted by Gasteiger charge is -2.03. The van der Waals surface area contributed by atoms with E-state index in [0.29, 0.717) is 11.5 Å². The Morgan fingerprint density at radius 2 is 2.14 bits per heavy atom. The average molecular weight is 196 g/mol. The second kappa shape index (κ2) is 4.09. The quantitative estimate of drug-likeness (QED) is 0.671. The summed E-state index contributed by atoms with van der Waals surface area (Å²) in [6, 6.07) is 1.28. The normalized spacial score (nSPS) is 9.93. The molecule has 14 heavy (non-hydrogen) atoms. The van der Waals surface area contributed by atoms with Crippen LogP contribution in [0.1, 0.15) is 28.8 Å². The highest BCUT2D eigenvalue weighted by Gasteiger charge is 2.16. The molecule has 0 fully saturated rings. The van der Waals surface area contributed by atoms with Gasteiger partial charge in [-0.2, -0.15) is 0 Å². The van der Waals surface area contributed by atoms with Crippen molar-refractivity contribution in [1.29, 1.82) is 0 Å². The molecule has 0 aliphatic carbocycles. The van der Waals surface area contributed by atoms with Crippen molar-refractivity contribution in [2.45, 2.75) is 20.8 Å². The van der Waals surface area contributed by atoms with Gasteiger partial charge in [-0.25, -0.2) is 4.79 Å². The van der Waals surface area contributed by atoms with Crippen molar-refractivity contribution in [3.63, 3.8) is 0 Å². The van der Waals surface area contributed by atoms with Crippen LogP contribution in [0.15, 0.2) is 15.3 Å². The molecule has 0 aromatic carbocycles. The number of hydrogen-bond donors (Lipinski definition) is 0. The molecule has 0 aliphatic rings. The van der Waals surface area contributed by atoms with Crippen molar-refractivity contribution in [3.05, 3.63) is 33.4 Å². The monoisotopic (exact) mass is 196 g/mol. The molecular formula is C10H12O4. The molecule has 4 nitrogen and oxygen atoms in total. The fourth-order valence-corrected chi connectivity index (χ4v) is 1.20. The van der Waals surface area contributed by atoms with Crippen LogP contribution in [0, 0.1) is 13.8 Å². The fourth-order valence-electron chi connectivity index (χ4n) is 1.20. The first-order valence-corrected chi connectivity index (χ1v) is 4.34. The summed E-state index contributed by atoms with van der Waals surface area (Å²) in [4.78, 5) is 22.7. The second-order valence-corrected chi connectivity index (χ2v) is 2.87. The van der Waals surface area contributed by atoms with Crippen LogP contribution >= 0.6 is 0 Å². The van der Waals surface area contributed by atoms with Crippen LogP contribution in [0.2, 0.25) is 0 Å². The van der Waals surface area contributed by atoms with Gasteiger partial charge in [-0.15, -0.1) is 0 Å². The van der Waals surface area contributed by atoms with Gasteiger partial charge in [0, 0.05) is 6.07 Å². The first-order chi connectivity index (χ1) is 6.56. The fraction of sp³-hybridized carbons (Fsp3) is 0.400. The van der Waals surface area contributed by atoms with Crippen LogP contribution in [0.25, 0.3) is 0 Å². The van der Waals surface area contributed by atoms with E-state index in [1.54, 1.807) is 20.8 Å². The van der Waals surface area contributed by atoms with Crippen molar-refractivity contribution >= 4 is 5.97 Å². The van der Waals surface area contributed by atoms with E-state index in [9.17, 15) is 9.59 Å². The van der Waals surface area contributed by atoms with E-state index < -0.39 is 5.97 Å². The molecule has 1 rings (SSSR count). The van der Waals surface area contributed by atoms with Crippen molar-refractivity contribution in [3.8, 4) is 0 Å². The first kappa shape index (κ1) is 10.5. The molecule has 0 atom stereocenters. The average Bonchev–Trinajstić information content (AvgIpc) is 2.01. The van der Waals surface area contributed by atoms with Gasteiger partial charge >= 0.3 is 5.97 Å². The van der Waals surface area contributed by atoms with Crippen molar-refractivity contribution in [1.82, 2.24) is 0 Å². The highest BCUT2D eigenvalue weighted by molar-refractivity contribution is 5.90. The van der Waals surface area contributed by atoms with Crippen LogP contribution in [0.4, 0.5) is 0 Å². The van der Waals surface area contributed by atoms with Crippen LogP contribution in [0.5, 0.6) is 0 Å². The summed E-state index contributed by atoms with van der Waals surface area (Å²) in [6.45, 7) is 5.15. The molecule has 1 aromatic rings. The summed E-state index contributed by atoms with van der Waals surface area (Å²) >= 11 is 0. The third kappa shape index (κ3) is 2.02. The van der Waals surface area contributed by atoms with Gasteiger partial charge in [-0.1, -0.05) is 0 Å². The number of carbonyl (C=O) groups is 1. The van der Waals surface area contributed by atoms with Gasteiger partial charge in [0.25, 0.3) is 0 Å². The largest absolute Gasteiger partial charge is 0.465 e. The Labute approximate surface area is 81.5 Å². The zero-order chi connectivity index (χ0) is 10.7. The van der Waals surface area contributed by atoms with E-state index in [1.807, 2.05) is 0 Å². The third-order valence-corrected chi connectivity index (χ3v) is 1.73. The Morgan fingerprint density at radius 3 is 2.64 bits per heavy atom. The Morgan fingerprint density at radius 1 is 1.50 bits per heavy atom. The van der Waals surface area contributed by atoms with E-state index in [2.05, 4.69) is 0 Å². The van der Waals surface area contributed by atoms with Gasteiger partial charge in [-0.05, 0) is 20.8 Å². The zero-order valence-electron chi connectivity index (χ0n) is 8.42. The van der Waals surface area contributed by atoms with E-state index in [4.69, 9.17) is 9.15 Å². The molecule has 0 bridgehead atoms. The smallest absolute Gasteiger partial charge is 0.345 e. The molecule has 0 saturated heterocycles. The maximum absolute atomic E-state index is 11.4. The van der Waals surface area contributed by atoms with Gasteiger partial charge in [0.2, 0.25) is 0 Å². The van der Waals surface area contributed by atoms with Crippen molar-refractivity contribution < 1.29 is 13.9 Å². The molecule has 0 unspecified atom stereocenters. The molecule has 4 heteroatoms. The Kier molecular flexibility index (Phi) is 3.06. The summed E-state index contributed by atoms with van der Waals surface area (Å²) in [5, 5.41) is 0. The highest BCUT2D eigenvalue weighted by atomic mass is 16.5. The number of ether oxygens (including phenoxy) is 1. The molecule has 1 heterocycles. The van der Waals surface area contributed by atoms with Gasteiger partial charge in [0.05, 0.1) is 6.61 Å². The molecule has 0 saturated carbocycles. The van der Waals surface area contributed by atoms with Crippen molar-refractivity contribution in [2.24, 2.45) is 0 Å². The van der Waals surface area contributed by atoms with Crippen LogP contribution in [-0.4, -0.2) is 12.6 Å². The summed E-state index contributed by atoms with van der Waals surface area (Å²) in [5.41, 5.74) is -0.373. The third-order valence-electron chi connectivity index (χ3n) is 1.73. The highest BCUT2D eigenvalue weighted by Crippen LogP contribution is 2.06. The Hall–Kier alpha value is -1.58. The molecule has 0 spiro atoms. The molecule has 0 aliphatic heterocycles. The van der Waals surface area contributed by atoms with E-state index in [-0.39, 0.29) is 17.6 Å². The molecule has 76 valence electrons. The van der Waals surface area contributed by atoms with Gasteiger partial charge in [-0.3, -0.25) is 4.79 Å². The number of hydrogen-bond acceptors (Lipinski definition) is 4. The summed E-state index contributed by atoms with van der Waals surface area (Å²) < 4.78 is 9.89. The topological polar surface area (TPSA) is 56.5 Å². The van der Waals surface area contributed by atoms with E-state index >= 15 is 0 Å². The SMILES string of the molecule is CCOC(=O)c1c(C)oc(C)cc1=O. The minimum atomic E-state index is -0.626. The summed E-state index contributed by atoms with van der Waals surface area (Å²) in [6.07, 6.45) is 0. The lowest BCUT2D eigenvalue weighted by Crippen LogP contribution is -2.18. The van der Waals surface area contributed by atoms with Gasteiger partial charge in [0.1, 0.15) is 17.1 Å².